The van der Waals surface area contributed by atoms with Crippen LogP contribution in [0.1, 0.15) is 12.8 Å². The molecule has 0 N–H and O–H groups in total. The summed E-state index contributed by atoms with van der Waals surface area (Å²) in [5.41, 5.74) is -1.03. The number of rotatable bonds is 7. The van der Waals surface area contributed by atoms with Gasteiger partial charge in [0.25, 0.3) is 5.69 Å². The van der Waals surface area contributed by atoms with E-state index in [1.807, 2.05) is 0 Å². The molecule has 0 bridgehead atoms. The number of nitro groups is 2. The van der Waals surface area contributed by atoms with Gasteiger partial charge in [-0.15, -0.1) is 0 Å². The zero-order valence-electron chi connectivity index (χ0n) is 12.0. The number of esters is 1. The van der Waals surface area contributed by atoms with Crippen LogP contribution in [0.5, 0.6) is 5.75 Å². The topological polar surface area (TPSA) is 131 Å². The lowest BCUT2D eigenvalue weighted by Gasteiger charge is -2.10. The van der Waals surface area contributed by atoms with Crippen LogP contribution >= 0.6 is 0 Å². The second kappa shape index (κ2) is 7.49. The summed E-state index contributed by atoms with van der Waals surface area (Å²) < 4.78 is 15.3. The molecular formula is C13H14N2O8. The van der Waals surface area contributed by atoms with Gasteiger partial charge in [-0.3, -0.25) is 20.2 Å². The van der Waals surface area contributed by atoms with E-state index in [9.17, 15) is 25.0 Å². The van der Waals surface area contributed by atoms with Crippen molar-refractivity contribution < 1.29 is 28.9 Å². The first-order chi connectivity index (χ1) is 11.0. The fourth-order valence-corrected chi connectivity index (χ4v) is 2.02. The molecular weight excluding hydrogens is 312 g/mol. The third-order valence-corrected chi connectivity index (χ3v) is 3.15. The molecule has 1 fully saturated rings. The van der Waals surface area contributed by atoms with E-state index in [0.717, 1.165) is 31.0 Å². The maximum atomic E-state index is 11.5. The number of nitro benzene ring substituents is 2. The standard InChI is InChI=1S/C13H14N2O8/c16-13(23-7-10-2-1-5-21-10)8-22-12-4-3-9(14(17)18)6-11(12)15(19)20/h3-4,6,10H,1-2,5,7-8H2. The quantitative estimate of drug-likeness (QED) is 0.419. The Bertz CT molecular complexity index is 612. The molecule has 0 aromatic heterocycles. The molecule has 0 saturated carbocycles. The minimum atomic E-state index is -0.819. The Balaban J connectivity index is 1.92. The first-order valence-electron chi connectivity index (χ1n) is 6.80. The van der Waals surface area contributed by atoms with Gasteiger partial charge in [0.05, 0.1) is 22.0 Å². The monoisotopic (exact) mass is 326 g/mol. The number of nitrogens with zero attached hydrogens (tertiary/aromatic N) is 2. The molecule has 10 heteroatoms. The third-order valence-electron chi connectivity index (χ3n) is 3.15. The summed E-state index contributed by atoms with van der Waals surface area (Å²) in [6.07, 6.45) is 1.59. The summed E-state index contributed by atoms with van der Waals surface area (Å²) in [5.74, 6) is -0.942. The summed E-state index contributed by atoms with van der Waals surface area (Å²) in [4.78, 5) is 31.5. The first kappa shape index (κ1) is 16.6. The van der Waals surface area contributed by atoms with E-state index in [2.05, 4.69) is 0 Å². The lowest BCUT2D eigenvalue weighted by atomic mass is 10.2. The van der Waals surface area contributed by atoms with Crippen LogP contribution in [-0.4, -0.2) is 41.7 Å². The number of carbonyl (C=O) groups excluding carboxylic acids is 1. The van der Waals surface area contributed by atoms with Gasteiger partial charge in [0.15, 0.2) is 12.4 Å². The summed E-state index contributed by atoms with van der Waals surface area (Å²) in [5, 5.41) is 21.5. The van der Waals surface area contributed by atoms with E-state index in [0.29, 0.717) is 6.61 Å². The molecule has 1 aliphatic heterocycles. The molecule has 0 spiro atoms. The normalized spacial score (nSPS) is 16.8. The number of non-ortho nitro benzene ring substituents is 1. The van der Waals surface area contributed by atoms with E-state index in [-0.39, 0.29) is 18.5 Å². The van der Waals surface area contributed by atoms with Crippen molar-refractivity contribution in [2.45, 2.75) is 18.9 Å². The van der Waals surface area contributed by atoms with Gasteiger partial charge in [-0.05, 0) is 18.9 Å². The average Bonchev–Trinajstić information content (AvgIpc) is 3.03. The number of carbonyl (C=O) groups is 1. The highest BCUT2D eigenvalue weighted by Crippen LogP contribution is 2.30. The van der Waals surface area contributed by atoms with Crippen molar-refractivity contribution >= 4 is 17.3 Å². The highest BCUT2D eigenvalue weighted by Gasteiger charge is 2.22. The lowest BCUT2D eigenvalue weighted by Crippen LogP contribution is -2.21. The Kier molecular flexibility index (Phi) is 5.41. The molecule has 23 heavy (non-hydrogen) atoms. The highest BCUT2D eigenvalue weighted by molar-refractivity contribution is 5.71. The highest BCUT2D eigenvalue weighted by atomic mass is 16.6. The van der Waals surface area contributed by atoms with Crippen molar-refractivity contribution in [2.24, 2.45) is 0 Å². The number of ether oxygens (including phenoxy) is 3. The fourth-order valence-electron chi connectivity index (χ4n) is 2.02. The molecule has 124 valence electrons. The van der Waals surface area contributed by atoms with Crippen molar-refractivity contribution in [1.82, 2.24) is 0 Å². The Hall–Kier alpha value is -2.75. The molecule has 2 rings (SSSR count). The van der Waals surface area contributed by atoms with Crippen LogP contribution in [0, 0.1) is 20.2 Å². The Morgan fingerprint density at radius 3 is 2.70 bits per heavy atom. The average molecular weight is 326 g/mol. The molecule has 0 aliphatic carbocycles. The van der Waals surface area contributed by atoms with Crippen LogP contribution < -0.4 is 4.74 Å². The SMILES string of the molecule is O=C(COc1ccc([N+](=O)[O-])cc1[N+](=O)[O-])OCC1CCCO1. The van der Waals surface area contributed by atoms with Crippen LogP contribution in [0.2, 0.25) is 0 Å². The fraction of sp³-hybridized carbons (Fsp3) is 0.462. The van der Waals surface area contributed by atoms with E-state index in [1.165, 1.54) is 0 Å². The van der Waals surface area contributed by atoms with Crippen molar-refractivity contribution in [2.75, 3.05) is 19.8 Å². The van der Waals surface area contributed by atoms with Crippen molar-refractivity contribution in [3.05, 3.63) is 38.4 Å². The smallest absolute Gasteiger partial charge is 0.344 e. The molecule has 1 heterocycles. The largest absolute Gasteiger partial charge is 0.475 e. The van der Waals surface area contributed by atoms with Gasteiger partial charge in [0, 0.05) is 12.7 Å². The van der Waals surface area contributed by atoms with Gasteiger partial charge in [0.2, 0.25) is 0 Å². The van der Waals surface area contributed by atoms with Gasteiger partial charge in [-0.2, -0.15) is 0 Å². The van der Waals surface area contributed by atoms with E-state index in [4.69, 9.17) is 14.2 Å². The number of hydrogen-bond donors (Lipinski definition) is 0. The van der Waals surface area contributed by atoms with Crippen molar-refractivity contribution in [1.29, 1.82) is 0 Å². The van der Waals surface area contributed by atoms with E-state index < -0.39 is 33.8 Å². The maximum absolute atomic E-state index is 11.5. The zero-order chi connectivity index (χ0) is 16.8. The van der Waals surface area contributed by atoms with Crippen molar-refractivity contribution in [3.63, 3.8) is 0 Å². The first-order valence-corrected chi connectivity index (χ1v) is 6.80. The zero-order valence-corrected chi connectivity index (χ0v) is 12.0. The lowest BCUT2D eigenvalue weighted by molar-refractivity contribution is -0.394. The van der Waals surface area contributed by atoms with E-state index in [1.54, 1.807) is 0 Å². The van der Waals surface area contributed by atoms with Gasteiger partial charge in [-0.1, -0.05) is 0 Å². The molecule has 1 atom stereocenters. The van der Waals surface area contributed by atoms with Crippen LogP contribution in [0.25, 0.3) is 0 Å². The number of hydrogen-bond acceptors (Lipinski definition) is 8. The summed E-state index contributed by atoms with van der Waals surface area (Å²) in [6, 6.07) is 2.90. The van der Waals surface area contributed by atoms with Gasteiger partial charge < -0.3 is 14.2 Å². The van der Waals surface area contributed by atoms with Gasteiger partial charge in [-0.25, -0.2) is 4.79 Å². The summed E-state index contributed by atoms with van der Waals surface area (Å²) in [7, 11) is 0. The molecule has 1 aliphatic rings. The maximum Gasteiger partial charge on any atom is 0.344 e. The van der Waals surface area contributed by atoms with Crippen molar-refractivity contribution in [3.8, 4) is 5.75 Å². The van der Waals surface area contributed by atoms with Crippen LogP contribution in [0.15, 0.2) is 18.2 Å². The third kappa shape index (κ3) is 4.61. The molecule has 1 unspecified atom stereocenters. The van der Waals surface area contributed by atoms with Gasteiger partial charge in [0.1, 0.15) is 6.61 Å². The Labute approximate surface area is 130 Å². The second-order valence-corrected chi connectivity index (χ2v) is 4.77. The number of benzene rings is 1. The molecule has 1 saturated heterocycles. The van der Waals surface area contributed by atoms with Crippen LogP contribution in [-0.2, 0) is 14.3 Å². The Morgan fingerprint density at radius 1 is 1.30 bits per heavy atom. The Morgan fingerprint density at radius 2 is 2.09 bits per heavy atom. The molecule has 1 aromatic carbocycles. The molecule has 0 radical (unpaired) electrons. The predicted octanol–water partition coefficient (Wildman–Crippen LogP) is 1.60. The molecule has 0 amide bonds. The van der Waals surface area contributed by atoms with Crippen LogP contribution in [0.4, 0.5) is 11.4 Å². The molecule has 1 aromatic rings. The van der Waals surface area contributed by atoms with Crippen LogP contribution in [0.3, 0.4) is 0 Å². The summed E-state index contributed by atoms with van der Waals surface area (Å²) >= 11 is 0. The minimum absolute atomic E-state index is 0.102. The molecule has 10 nitrogen and oxygen atoms in total. The second-order valence-electron chi connectivity index (χ2n) is 4.77. The summed E-state index contributed by atoms with van der Waals surface area (Å²) in [6.45, 7) is 0.198. The van der Waals surface area contributed by atoms with Gasteiger partial charge >= 0.3 is 11.7 Å². The minimum Gasteiger partial charge on any atom is -0.475 e. The predicted molar refractivity (Wildman–Crippen MR) is 75.2 cm³/mol. The van der Waals surface area contributed by atoms with E-state index >= 15 is 0 Å².